The molecule has 0 amide bonds. The Hall–Kier alpha value is -1.39. The molecule has 0 aliphatic heterocycles. The van der Waals surface area contributed by atoms with Crippen molar-refractivity contribution in [3.8, 4) is 0 Å². The molecule has 2 rings (SSSR count). The third kappa shape index (κ3) is 3.83. The van der Waals surface area contributed by atoms with Crippen LogP contribution in [-0.4, -0.2) is 14.1 Å². The number of nitrogens with zero attached hydrogens (tertiary/aromatic N) is 1. The largest absolute Gasteiger partial charge is 0.368 e. The van der Waals surface area contributed by atoms with Crippen molar-refractivity contribution in [3.63, 3.8) is 0 Å². The van der Waals surface area contributed by atoms with Gasteiger partial charge in [0.15, 0.2) is 0 Å². The van der Waals surface area contributed by atoms with E-state index in [-0.39, 0.29) is 11.9 Å². The van der Waals surface area contributed by atoms with Crippen molar-refractivity contribution >= 4 is 21.6 Å². The molecule has 112 valence electrons. The van der Waals surface area contributed by atoms with E-state index in [0.29, 0.717) is 12.2 Å². The first-order chi connectivity index (χ1) is 10.0. The van der Waals surface area contributed by atoms with E-state index in [4.69, 9.17) is 0 Å². The van der Waals surface area contributed by atoms with Crippen molar-refractivity contribution in [2.75, 3.05) is 19.0 Å². The Morgan fingerprint density at radius 1 is 1.24 bits per heavy atom. The molecule has 2 aromatic carbocycles. The molecular formula is C17H20BrFN2. The Labute approximate surface area is 134 Å². The number of benzene rings is 2. The lowest BCUT2D eigenvalue weighted by Gasteiger charge is -2.25. The van der Waals surface area contributed by atoms with E-state index in [1.54, 1.807) is 6.07 Å². The van der Waals surface area contributed by atoms with Crippen LogP contribution in [0.5, 0.6) is 0 Å². The highest BCUT2D eigenvalue weighted by Gasteiger charge is 2.16. The van der Waals surface area contributed by atoms with Gasteiger partial charge in [0.1, 0.15) is 5.82 Å². The molecule has 1 unspecified atom stereocenters. The van der Waals surface area contributed by atoms with Crippen LogP contribution in [0.25, 0.3) is 0 Å². The zero-order valence-electron chi connectivity index (χ0n) is 12.5. The molecule has 1 N–H and O–H groups in total. The molecular weight excluding hydrogens is 331 g/mol. The number of para-hydroxylation sites is 1. The van der Waals surface area contributed by atoms with Crippen molar-refractivity contribution in [1.82, 2.24) is 5.32 Å². The van der Waals surface area contributed by atoms with E-state index in [1.165, 1.54) is 6.07 Å². The van der Waals surface area contributed by atoms with Gasteiger partial charge >= 0.3 is 0 Å². The number of hydrogen-bond donors (Lipinski definition) is 1. The number of rotatable bonds is 5. The number of anilines is 1. The molecule has 0 spiro atoms. The van der Waals surface area contributed by atoms with Crippen molar-refractivity contribution in [2.45, 2.75) is 19.5 Å². The zero-order valence-corrected chi connectivity index (χ0v) is 14.1. The third-order valence-corrected chi connectivity index (χ3v) is 4.10. The van der Waals surface area contributed by atoms with Crippen LogP contribution in [0.15, 0.2) is 46.9 Å². The summed E-state index contributed by atoms with van der Waals surface area (Å²) in [4.78, 5) is 1.96. The van der Waals surface area contributed by atoms with Crippen LogP contribution in [0.2, 0.25) is 0 Å². The van der Waals surface area contributed by atoms with Gasteiger partial charge in [0.25, 0.3) is 0 Å². The van der Waals surface area contributed by atoms with Crippen LogP contribution in [0, 0.1) is 5.82 Å². The highest BCUT2D eigenvalue weighted by molar-refractivity contribution is 9.10. The number of halogens is 2. The van der Waals surface area contributed by atoms with E-state index in [0.717, 1.165) is 15.6 Å². The van der Waals surface area contributed by atoms with Crippen LogP contribution >= 0.6 is 15.9 Å². The van der Waals surface area contributed by atoms with E-state index in [1.807, 2.05) is 50.2 Å². The lowest BCUT2D eigenvalue weighted by Crippen LogP contribution is -2.22. The maximum absolute atomic E-state index is 14.3. The lowest BCUT2D eigenvalue weighted by atomic mass is 10.0. The van der Waals surface area contributed by atoms with Gasteiger partial charge in [0.2, 0.25) is 0 Å². The molecule has 0 saturated carbocycles. The van der Waals surface area contributed by atoms with Gasteiger partial charge in [-0.3, -0.25) is 0 Å². The van der Waals surface area contributed by atoms with E-state index in [9.17, 15) is 4.39 Å². The van der Waals surface area contributed by atoms with Crippen molar-refractivity contribution in [1.29, 1.82) is 0 Å². The van der Waals surface area contributed by atoms with Gasteiger partial charge < -0.3 is 10.2 Å². The topological polar surface area (TPSA) is 15.3 Å². The normalized spacial score (nSPS) is 12.2. The van der Waals surface area contributed by atoms with Crippen LogP contribution in [0.1, 0.15) is 24.1 Å². The molecule has 21 heavy (non-hydrogen) atoms. The predicted molar refractivity (Wildman–Crippen MR) is 90.1 cm³/mol. The minimum atomic E-state index is -0.188. The van der Waals surface area contributed by atoms with Gasteiger partial charge in [-0.1, -0.05) is 40.2 Å². The molecule has 2 nitrogen and oxygen atoms in total. The first kappa shape index (κ1) is 16.0. The minimum Gasteiger partial charge on any atom is -0.368 e. The summed E-state index contributed by atoms with van der Waals surface area (Å²) in [6.07, 6.45) is 0. The van der Waals surface area contributed by atoms with Crippen molar-refractivity contribution < 1.29 is 4.39 Å². The highest BCUT2D eigenvalue weighted by Crippen LogP contribution is 2.29. The summed E-state index contributed by atoms with van der Waals surface area (Å²) in [6.45, 7) is 2.69. The second kappa shape index (κ2) is 7.05. The SMILES string of the molecule is CNC(C)c1cccc(F)c1N(C)Cc1cccc(Br)c1. The molecule has 0 aliphatic rings. The predicted octanol–water partition coefficient (Wildman–Crippen LogP) is 4.51. The molecule has 0 aromatic heterocycles. The monoisotopic (exact) mass is 350 g/mol. The Balaban J connectivity index is 2.32. The summed E-state index contributed by atoms with van der Waals surface area (Å²) in [5.41, 5.74) is 2.76. The number of hydrogen-bond acceptors (Lipinski definition) is 2. The average Bonchev–Trinajstić information content (AvgIpc) is 2.46. The maximum Gasteiger partial charge on any atom is 0.146 e. The summed E-state index contributed by atoms with van der Waals surface area (Å²) < 4.78 is 15.3. The molecule has 2 aromatic rings. The summed E-state index contributed by atoms with van der Waals surface area (Å²) in [6, 6.07) is 13.4. The number of nitrogens with one attached hydrogen (secondary N) is 1. The minimum absolute atomic E-state index is 0.0978. The fourth-order valence-corrected chi connectivity index (χ4v) is 2.87. The first-order valence-electron chi connectivity index (χ1n) is 6.94. The maximum atomic E-state index is 14.3. The molecule has 0 heterocycles. The van der Waals surface area contributed by atoms with Crippen LogP contribution in [0.4, 0.5) is 10.1 Å². The zero-order chi connectivity index (χ0) is 15.4. The van der Waals surface area contributed by atoms with Gasteiger partial charge in [0, 0.05) is 24.1 Å². The van der Waals surface area contributed by atoms with E-state index < -0.39 is 0 Å². The summed E-state index contributed by atoms with van der Waals surface area (Å²) >= 11 is 3.47. The quantitative estimate of drug-likeness (QED) is 0.853. The standard InChI is InChI=1S/C17H20BrFN2/c1-12(20-2)15-8-5-9-16(19)17(15)21(3)11-13-6-4-7-14(18)10-13/h4-10,12,20H,11H2,1-3H3. The van der Waals surface area contributed by atoms with Crippen LogP contribution < -0.4 is 10.2 Å². The van der Waals surface area contributed by atoms with Gasteiger partial charge in [-0.25, -0.2) is 4.39 Å². The second-order valence-corrected chi connectivity index (χ2v) is 6.09. The van der Waals surface area contributed by atoms with Gasteiger partial charge in [-0.15, -0.1) is 0 Å². The summed E-state index contributed by atoms with van der Waals surface area (Å²) in [5.74, 6) is -0.188. The second-order valence-electron chi connectivity index (χ2n) is 5.17. The van der Waals surface area contributed by atoms with Crippen molar-refractivity contribution in [3.05, 3.63) is 63.9 Å². The first-order valence-corrected chi connectivity index (χ1v) is 7.73. The van der Waals surface area contributed by atoms with Gasteiger partial charge in [-0.05, 0) is 43.3 Å². The Morgan fingerprint density at radius 3 is 2.62 bits per heavy atom. The van der Waals surface area contributed by atoms with Gasteiger partial charge in [-0.2, -0.15) is 0 Å². The fraction of sp³-hybridized carbons (Fsp3) is 0.294. The van der Waals surface area contributed by atoms with E-state index in [2.05, 4.69) is 27.3 Å². The van der Waals surface area contributed by atoms with Crippen LogP contribution in [0.3, 0.4) is 0 Å². The highest BCUT2D eigenvalue weighted by atomic mass is 79.9. The molecule has 1 atom stereocenters. The Kier molecular flexibility index (Phi) is 5.37. The third-order valence-electron chi connectivity index (χ3n) is 3.61. The summed E-state index contributed by atoms with van der Waals surface area (Å²) in [7, 11) is 3.80. The Morgan fingerprint density at radius 2 is 1.95 bits per heavy atom. The van der Waals surface area contributed by atoms with E-state index >= 15 is 0 Å². The molecule has 4 heteroatoms. The average molecular weight is 351 g/mol. The Bertz CT molecular complexity index is 615. The van der Waals surface area contributed by atoms with Gasteiger partial charge in [0.05, 0.1) is 5.69 Å². The summed E-state index contributed by atoms with van der Waals surface area (Å²) in [5, 5.41) is 3.18. The molecule has 0 radical (unpaired) electrons. The van der Waals surface area contributed by atoms with Crippen LogP contribution in [-0.2, 0) is 6.54 Å². The molecule has 0 aliphatic carbocycles. The fourth-order valence-electron chi connectivity index (χ4n) is 2.43. The molecule has 0 saturated heterocycles. The molecule has 0 bridgehead atoms. The smallest absolute Gasteiger partial charge is 0.146 e. The molecule has 0 fully saturated rings. The van der Waals surface area contributed by atoms with Crippen molar-refractivity contribution in [2.24, 2.45) is 0 Å². The lowest BCUT2D eigenvalue weighted by molar-refractivity contribution is 0.602.